The minimum Gasteiger partial charge on any atom is -0.494 e. The highest BCUT2D eigenvalue weighted by Crippen LogP contribution is 2.29. The fourth-order valence-corrected chi connectivity index (χ4v) is 3.23. The quantitative estimate of drug-likeness (QED) is 0.254. The van der Waals surface area contributed by atoms with E-state index in [1.807, 2.05) is 24.3 Å². The maximum absolute atomic E-state index is 6.29. The van der Waals surface area contributed by atoms with Gasteiger partial charge in [-0.15, -0.1) is 0 Å². The zero-order valence-corrected chi connectivity index (χ0v) is 17.7. The highest BCUT2D eigenvalue weighted by Gasteiger charge is 2.12. The maximum atomic E-state index is 6.29. The van der Waals surface area contributed by atoms with E-state index in [4.69, 9.17) is 40.2 Å². The highest BCUT2D eigenvalue weighted by molar-refractivity contribution is 7.71. The molecular weight excluding hydrogens is 415 g/mol. The molecule has 0 bridgehead atoms. The Kier molecular flexibility index (Phi) is 7.25. The number of aromatic nitrogens is 3. The summed E-state index contributed by atoms with van der Waals surface area (Å²) in [5.41, 5.74) is 1.60. The van der Waals surface area contributed by atoms with E-state index in [2.05, 4.69) is 22.2 Å². The number of H-pyrrole nitrogens is 1. The van der Waals surface area contributed by atoms with E-state index in [1.165, 1.54) is 17.5 Å². The number of halogens is 2. The van der Waals surface area contributed by atoms with Gasteiger partial charge in [0.05, 0.1) is 17.8 Å². The molecule has 1 aromatic heterocycles. The van der Waals surface area contributed by atoms with E-state index in [0.717, 1.165) is 24.3 Å². The van der Waals surface area contributed by atoms with Crippen LogP contribution in [0.3, 0.4) is 0 Å². The number of rotatable bonds is 8. The van der Waals surface area contributed by atoms with Crippen LogP contribution in [0.15, 0.2) is 47.6 Å². The molecule has 2 aromatic carbocycles. The number of nitrogens with zero attached hydrogens (tertiary/aromatic N) is 3. The van der Waals surface area contributed by atoms with Crippen molar-refractivity contribution in [2.24, 2.45) is 5.10 Å². The Morgan fingerprint density at radius 3 is 2.68 bits per heavy atom. The van der Waals surface area contributed by atoms with E-state index in [9.17, 15) is 0 Å². The van der Waals surface area contributed by atoms with Crippen LogP contribution in [0.25, 0.3) is 11.4 Å². The molecule has 0 spiro atoms. The van der Waals surface area contributed by atoms with Gasteiger partial charge in [-0.2, -0.15) is 14.9 Å². The van der Waals surface area contributed by atoms with Gasteiger partial charge in [0.1, 0.15) is 5.75 Å². The number of hydrogen-bond acceptors (Lipinski definition) is 4. The first-order valence-corrected chi connectivity index (χ1v) is 10.1. The zero-order valence-electron chi connectivity index (χ0n) is 15.4. The summed E-state index contributed by atoms with van der Waals surface area (Å²) >= 11 is 17.5. The minimum atomic E-state index is 0.369. The summed E-state index contributed by atoms with van der Waals surface area (Å²) in [5.74, 6) is 1.36. The molecule has 1 heterocycles. The molecule has 0 amide bonds. The van der Waals surface area contributed by atoms with E-state index in [0.29, 0.717) is 26.2 Å². The van der Waals surface area contributed by atoms with Crippen LogP contribution in [-0.4, -0.2) is 27.7 Å². The lowest BCUT2D eigenvalue weighted by Gasteiger charge is -2.06. The minimum absolute atomic E-state index is 0.369. The number of ether oxygens (including phenoxy) is 1. The first-order chi connectivity index (χ1) is 13.6. The summed E-state index contributed by atoms with van der Waals surface area (Å²) in [5, 5.41) is 12.5. The van der Waals surface area contributed by atoms with Crippen molar-refractivity contribution < 1.29 is 4.74 Å². The molecule has 0 aliphatic carbocycles. The Labute approximate surface area is 179 Å². The topological polar surface area (TPSA) is 55.2 Å². The number of aromatic amines is 1. The molecule has 146 valence electrons. The molecule has 0 aliphatic heterocycles. The van der Waals surface area contributed by atoms with Gasteiger partial charge in [-0.05, 0) is 66.7 Å². The first-order valence-electron chi connectivity index (χ1n) is 8.98. The smallest absolute Gasteiger partial charge is 0.216 e. The normalized spacial score (nSPS) is 11.2. The Hall–Kier alpha value is -2.15. The van der Waals surface area contributed by atoms with Crippen LogP contribution in [0.4, 0.5) is 0 Å². The van der Waals surface area contributed by atoms with Crippen LogP contribution < -0.4 is 4.74 Å². The summed E-state index contributed by atoms with van der Waals surface area (Å²) in [6, 6.07) is 12.9. The molecule has 0 unspecified atom stereocenters. The van der Waals surface area contributed by atoms with E-state index < -0.39 is 0 Å². The number of benzene rings is 2. The second kappa shape index (κ2) is 9.87. The molecule has 0 saturated carbocycles. The third-order valence-electron chi connectivity index (χ3n) is 4.04. The molecule has 28 heavy (non-hydrogen) atoms. The molecule has 0 saturated heterocycles. The van der Waals surface area contributed by atoms with Crippen molar-refractivity contribution in [3.05, 3.63) is 62.8 Å². The van der Waals surface area contributed by atoms with Crippen LogP contribution in [0, 0.1) is 4.77 Å². The molecule has 0 radical (unpaired) electrons. The van der Waals surface area contributed by atoms with Crippen molar-refractivity contribution in [2.75, 3.05) is 6.61 Å². The Bertz CT molecular complexity index is 1010. The molecular formula is C20H20Cl2N4OS. The summed E-state index contributed by atoms with van der Waals surface area (Å²) in [6.45, 7) is 2.91. The predicted octanol–water partition coefficient (Wildman–Crippen LogP) is 6.37. The van der Waals surface area contributed by atoms with Gasteiger partial charge in [-0.1, -0.05) is 43.0 Å². The molecule has 1 N–H and O–H groups in total. The van der Waals surface area contributed by atoms with Crippen molar-refractivity contribution in [3.63, 3.8) is 0 Å². The molecule has 5 nitrogen and oxygen atoms in total. The largest absolute Gasteiger partial charge is 0.494 e. The third-order valence-corrected chi connectivity index (χ3v) is 4.85. The lowest BCUT2D eigenvalue weighted by Crippen LogP contribution is -1.97. The summed E-state index contributed by atoms with van der Waals surface area (Å²) in [4.78, 5) is 0. The Morgan fingerprint density at radius 1 is 1.18 bits per heavy atom. The van der Waals surface area contributed by atoms with Crippen molar-refractivity contribution in [2.45, 2.75) is 26.2 Å². The van der Waals surface area contributed by atoms with Gasteiger partial charge in [0, 0.05) is 10.6 Å². The SMILES string of the molecule is CCCCCOc1ccc(/C=N\n2c(-c3ccc(Cl)cc3Cl)n[nH]c2=S)cc1. The fourth-order valence-electron chi connectivity index (χ4n) is 2.56. The van der Waals surface area contributed by atoms with Gasteiger partial charge in [0.15, 0.2) is 5.82 Å². The van der Waals surface area contributed by atoms with Gasteiger partial charge in [0.2, 0.25) is 4.77 Å². The van der Waals surface area contributed by atoms with Crippen LogP contribution in [0.5, 0.6) is 5.75 Å². The van der Waals surface area contributed by atoms with Gasteiger partial charge in [-0.3, -0.25) is 0 Å². The average molecular weight is 435 g/mol. The predicted molar refractivity (Wildman–Crippen MR) is 117 cm³/mol. The molecule has 0 fully saturated rings. The highest BCUT2D eigenvalue weighted by atomic mass is 35.5. The fraction of sp³-hybridized carbons (Fsp3) is 0.250. The molecule has 8 heteroatoms. The van der Waals surface area contributed by atoms with Gasteiger partial charge in [-0.25, -0.2) is 5.10 Å². The number of unbranched alkanes of at least 4 members (excludes halogenated alkanes) is 2. The van der Waals surface area contributed by atoms with Crippen molar-refractivity contribution >= 4 is 41.6 Å². The molecule has 0 aliphatic rings. The number of nitrogens with one attached hydrogen (secondary N) is 1. The van der Waals surface area contributed by atoms with Gasteiger partial charge >= 0.3 is 0 Å². The monoisotopic (exact) mass is 434 g/mol. The van der Waals surface area contributed by atoms with E-state index in [1.54, 1.807) is 24.4 Å². The zero-order chi connectivity index (χ0) is 19.9. The molecule has 3 aromatic rings. The van der Waals surface area contributed by atoms with Crippen LogP contribution in [0.1, 0.15) is 31.7 Å². The standard InChI is InChI=1S/C20H20Cl2N4OS/c1-2-3-4-11-27-16-8-5-14(6-9-16)13-23-26-19(24-25-20(26)28)17-10-7-15(21)12-18(17)22/h5-10,12-13H,2-4,11H2,1H3,(H,25,28)/b23-13-. The van der Waals surface area contributed by atoms with E-state index in [-0.39, 0.29) is 0 Å². The molecule has 3 rings (SSSR count). The maximum Gasteiger partial charge on any atom is 0.216 e. The van der Waals surface area contributed by atoms with Crippen LogP contribution in [0.2, 0.25) is 10.0 Å². The second-order valence-corrected chi connectivity index (χ2v) is 7.39. The lowest BCUT2D eigenvalue weighted by atomic mass is 10.2. The van der Waals surface area contributed by atoms with Crippen LogP contribution in [-0.2, 0) is 0 Å². The van der Waals surface area contributed by atoms with Gasteiger partial charge < -0.3 is 4.74 Å². The Balaban J connectivity index is 1.76. The summed E-state index contributed by atoms with van der Waals surface area (Å²) < 4.78 is 7.62. The van der Waals surface area contributed by atoms with E-state index >= 15 is 0 Å². The van der Waals surface area contributed by atoms with Gasteiger partial charge in [0.25, 0.3) is 0 Å². The molecule has 0 atom stereocenters. The number of hydrogen-bond donors (Lipinski definition) is 1. The van der Waals surface area contributed by atoms with Crippen molar-refractivity contribution in [1.82, 2.24) is 14.9 Å². The van der Waals surface area contributed by atoms with Crippen molar-refractivity contribution in [1.29, 1.82) is 0 Å². The second-order valence-electron chi connectivity index (χ2n) is 6.16. The Morgan fingerprint density at radius 2 is 1.96 bits per heavy atom. The summed E-state index contributed by atoms with van der Waals surface area (Å²) in [6.07, 6.45) is 5.13. The van der Waals surface area contributed by atoms with Crippen molar-refractivity contribution in [3.8, 4) is 17.1 Å². The average Bonchev–Trinajstić information content (AvgIpc) is 3.05. The lowest BCUT2D eigenvalue weighted by molar-refractivity contribution is 0.306. The first kappa shape index (κ1) is 20.6. The third kappa shape index (κ3) is 5.22. The summed E-state index contributed by atoms with van der Waals surface area (Å²) in [7, 11) is 0. The van der Waals surface area contributed by atoms with Crippen LogP contribution >= 0.6 is 35.4 Å².